The average molecular weight is 317 g/mol. The first-order valence-corrected chi connectivity index (χ1v) is 8.29. The zero-order valence-electron chi connectivity index (χ0n) is 12.7. The predicted molar refractivity (Wildman–Crippen MR) is 88.4 cm³/mol. The Hall–Kier alpha value is -2.08. The average Bonchev–Trinajstić information content (AvgIpc) is 2.53. The Morgan fingerprint density at radius 3 is 2.86 bits per heavy atom. The number of thioether (sulfide) groups is 1. The Bertz CT molecular complexity index is 713. The van der Waals surface area contributed by atoms with Gasteiger partial charge in [0.25, 0.3) is 11.5 Å². The van der Waals surface area contributed by atoms with Crippen molar-refractivity contribution < 1.29 is 4.79 Å². The van der Waals surface area contributed by atoms with Crippen LogP contribution in [0, 0.1) is 6.92 Å². The first-order chi connectivity index (χ1) is 10.6. The van der Waals surface area contributed by atoms with Crippen LogP contribution in [0.3, 0.4) is 0 Å². The second-order valence-electron chi connectivity index (χ2n) is 4.83. The third-order valence-electron chi connectivity index (χ3n) is 3.32. The minimum Gasteiger partial charge on any atom is -0.352 e. The molecule has 22 heavy (non-hydrogen) atoms. The zero-order chi connectivity index (χ0) is 15.9. The Morgan fingerprint density at radius 2 is 2.14 bits per heavy atom. The largest absolute Gasteiger partial charge is 0.352 e. The van der Waals surface area contributed by atoms with Crippen molar-refractivity contribution in [3.8, 4) is 0 Å². The summed E-state index contributed by atoms with van der Waals surface area (Å²) in [5.41, 5.74) is 1.50. The SMILES string of the molecule is CSc1ncccc1C(=O)NCCCn1c(C)cccc1=O. The van der Waals surface area contributed by atoms with Crippen molar-refractivity contribution in [2.24, 2.45) is 0 Å². The van der Waals surface area contributed by atoms with Crippen LogP contribution in [0.4, 0.5) is 0 Å². The number of carbonyl (C=O) groups excluding carboxylic acids is 1. The fourth-order valence-electron chi connectivity index (χ4n) is 2.17. The summed E-state index contributed by atoms with van der Waals surface area (Å²) in [5.74, 6) is -0.130. The second kappa shape index (κ2) is 7.79. The number of hydrogen-bond acceptors (Lipinski definition) is 4. The molecule has 0 aliphatic carbocycles. The molecule has 2 aromatic heterocycles. The molecule has 0 radical (unpaired) electrons. The first kappa shape index (κ1) is 16.3. The van der Waals surface area contributed by atoms with Crippen LogP contribution in [0.1, 0.15) is 22.5 Å². The Balaban J connectivity index is 1.89. The van der Waals surface area contributed by atoms with Crippen molar-refractivity contribution in [2.45, 2.75) is 24.9 Å². The highest BCUT2D eigenvalue weighted by Crippen LogP contribution is 2.16. The van der Waals surface area contributed by atoms with Crippen LogP contribution in [0.5, 0.6) is 0 Å². The molecule has 2 aromatic rings. The molecule has 0 unspecified atom stereocenters. The molecule has 0 aliphatic rings. The number of aryl methyl sites for hydroxylation is 1. The van der Waals surface area contributed by atoms with Gasteiger partial charge in [-0.15, -0.1) is 11.8 Å². The highest BCUT2D eigenvalue weighted by molar-refractivity contribution is 7.98. The maximum absolute atomic E-state index is 12.1. The molecule has 116 valence electrons. The maximum Gasteiger partial charge on any atom is 0.254 e. The van der Waals surface area contributed by atoms with Gasteiger partial charge in [0.2, 0.25) is 0 Å². The molecule has 0 atom stereocenters. The molecule has 0 saturated heterocycles. The van der Waals surface area contributed by atoms with Gasteiger partial charge in [-0.1, -0.05) is 6.07 Å². The summed E-state index contributed by atoms with van der Waals surface area (Å²) in [6, 6.07) is 8.72. The topological polar surface area (TPSA) is 64.0 Å². The van der Waals surface area contributed by atoms with E-state index < -0.39 is 0 Å². The molecule has 1 N–H and O–H groups in total. The molecule has 1 amide bonds. The predicted octanol–water partition coefficient (Wildman–Crippen LogP) is 2.09. The highest BCUT2D eigenvalue weighted by Gasteiger charge is 2.10. The normalized spacial score (nSPS) is 10.5. The molecule has 6 heteroatoms. The van der Waals surface area contributed by atoms with Crippen molar-refractivity contribution in [3.05, 3.63) is 58.1 Å². The molecule has 0 aliphatic heterocycles. The second-order valence-corrected chi connectivity index (χ2v) is 5.62. The minimum absolute atomic E-state index is 0.0109. The van der Waals surface area contributed by atoms with E-state index in [4.69, 9.17) is 0 Å². The summed E-state index contributed by atoms with van der Waals surface area (Å²) in [4.78, 5) is 28.0. The van der Waals surface area contributed by atoms with Gasteiger partial charge in [0.1, 0.15) is 5.03 Å². The number of carbonyl (C=O) groups is 1. The third-order valence-corrected chi connectivity index (χ3v) is 4.03. The van der Waals surface area contributed by atoms with Crippen molar-refractivity contribution in [1.29, 1.82) is 0 Å². The summed E-state index contributed by atoms with van der Waals surface area (Å²) in [5, 5.41) is 3.59. The van der Waals surface area contributed by atoms with Crippen molar-refractivity contribution >= 4 is 17.7 Å². The molecule has 0 saturated carbocycles. The fourth-order valence-corrected chi connectivity index (χ4v) is 2.72. The summed E-state index contributed by atoms with van der Waals surface area (Å²) in [6.07, 6.45) is 4.27. The van der Waals surface area contributed by atoms with Crippen LogP contribution in [0.2, 0.25) is 0 Å². The molecular formula is C16H19N3O2S. The fraction of sp³-hybridized carbons (Fsp3) is 0.312. The van der Waals surface area contributed by atoms with Crippen molar-refractivity contribution in [1.82, 2.24) is 14.9 Å². The van der Waals surface area contributed by atoms with Gasteiger partial charge >= 0.3 is 0 Å². The van der Waals surface area contributed by atoms with E-state index in [0.29, 0.717) is 25.1 Å². The van der Waals surface area contributed by atoms with Crippen LogP contribution in [-0.4, -0.2) is 28.3 Å². The molecule has 0 fully saturated rings. The first-order valence-electron chi connectivity index (χ1n) is 7.07. The van der Waals surface area contributed by atoms with Gasteiger partial charge in [-0.25, -0.2) is 4.98 Å². The monoisotopic (exact) mass is 317 g/mol. The van der Waals surface area contributed by atoms with Gasteiger partial charge in [0.05, 0.1) is 5.56 Å². The minimum atomic E-state index is -0.130. The lowest BCUT2D eigenvalue weighted by atomic mass is 10.2. The summed E-state index contributed by atoms with van der Waals surface area (Å²) in [6.45, 7) is 3.01. The quantitative estimate of drug-likeness (QED) is 0.654. The van der Waals surface area contributed by atoms with Gasteiger partial charge < -0.3 is 9.88 Å². The lowest BCUT2D eigenvalue weighted by Gasteiger charge is -2.10. The molecular weight excluding hydrogens is 298 g/mol. The number of aromatic nitrogens is 2. The van der Waals surface area contributed by atoms with Crippen molar-refractivity contribution in [3.63, 3.8) is 0 Å². The van der Waals surface area contributed by atoms with E-state index in [2.05, 4.69) is 10.3 Å². The number of nitrogens with zero attached hydrogens (tertiary/aromatic N) is 2. The zero-order valence-corrected chi connectivity index (χ0v) is 13.5. The van der Waals surface area contributed by atoms with Crippen LogP contribution in [0.25, 0.3) is 0 Å². The van der Waals surface area contributed by atoms with Crippen LogP contribution in [0.15, 0.2) is 46.3 Å². The van der Waals surface area contributed by atoms with E-state index in [1.165, 1.54) is 11.8 Å². The van der Waals surface area contributed by atoms with Gasteiger partial charge in [-0.05, 0) is 37.8 Å². The smallest absolute Gasteiger partial charge is 0.254 e. The number of pyridine rings is 2. The molecule has 0 aromatic carbocycles. The number of nitrogens with one attached hydrogen (secondary N) is 1. The number of hydrogen-bond donors (Lipinski definition) is 1. The highest BCUT2D eigenvalue weighted by atomic mass is 32.2. The summed E-state index contributed by atoms with van der Waals surface area (Å²) < 4.78 is 1.71. The molecule has 2 heterocycles. The van der Waals surface area contributed by atoms with Crippen LogP contribution >= 0.6 is 11.8 Å². The van der Waals surface area contributed by atoms with Crippen molar-refractivity contribution in [2.75, 3.05) is 12.8 Å². The van der Waals surface area contributed by atoms with Gasteiger partial charge in [-0.2, -0.15) is 0 Å². The maximum atomic E-state index is 12.1. The van der Waals surface area contributed by atoms with E-state index in [0.717, 1.165) is 10.7 Å². The van der Waals surface area contributed by atoms with Gasteiger partial charge in [0, 0.05) is 31.0 Å². The van der Waals surface area contributed by atoms with Gasteiger partial charge in [-0.3, -0.25) is 9.59 Å². The Morgan fingerprint density at radius 1 is 1.32 bits per heavy atom. The summed E-state index contributed by atoms with van der Waals surface area (Å²) >= 11 is 1.45. The van der Waals surface area contributed by atoms with Gasteiger partial charge in [0.15, 0.2) is 0 Å². The molecule has 2 rings (SSSR count). The van der Waals surface area contributed by atoms with E-state index >= 15 is 0 Å². The Kier molecular flexibility index (Phi) is 5.77. The molecule has 0 spiro atoms. The van der Waals surface area contributed by atoms with Crippen LogP contribution < -0.4 is 10.9 Å². The third kappa shape index (κ3) is 3.98. The lowest BCUT2D eigenvalue weighted by Crippen LogP contribution is -2.28. The number of rotatable bonds is 6. The summed E-state index contributed by atoms with van der Waals surface area (Å²) in [7, 11) is 0. The van der Waals surface area contributed by atoms with Crippen LogP contribution in [-0.2, 0) is 6.54 Å². The van der Waals surface area contributed by atoms with E-state index in [9.17, 15) is 9.59 Å². The Labute approximate surface area is 133 Å². The molecule has 0 bridgehead atoms. The van der Waals surface area contributed by atoms with E-state index in [1.807, 2.05) is 19.2 Å². The van der Waals surface area contributed by atoms with E-state index in [-0.39, 0.29) is 11.5 Å². The standard InChI is InChI=1S/C16H19N3O2S/c1-12-6-3-8-14(20)19(12)11-5-10-17-15(21)13-7-4-9-18-16(13)22-2/h3-4,6-9H,5,10-11H2,1-2H3,(H,17,21). The molecule has 5 nitrogen and oxygen atoms in total. The lowest BCUT2D eigenvalue weighted by molar-refractivity contribution is 0.0949. The van der Waals surface area contributed by atoms with E-state index in [1.54, 1.807) is 35.0 Å². The number of amides is 1.